The molecule has 2 rings (SSSR count). The molecule has 8 heteroatoms. The predicted octanol–water partition coefficient (Wildman–Crippen LogP) is 2.83. The Morgan fingerprint density at radius 3 is 2.29 bits per heavy atom. The van der Waals surface area contributed by atoms with Crippen molar-refractivity contribution >= 4 is 27.6 Å². The predicted molar refractivity (Wildman–Crippen MR) is 91.2 cm³/mol. The van der Waals surface area contributed by atoms with Gasteiger partial charge in [0.1, 0.15) is 10.7 Å². The number of pyridine rings is 1. The zero-order chi connectivity index (χ0) is 17.9. The van der Waals surface area contributed by atoms with Gasteiger partial charge >= 0.3 is 0 Å². The molecule has 1 aromatic carbocycles. The zero-order valence-electron chi connectivity index (χ0n) is 13.4. The number of aromatic nitrogens is 1. The second kappa shape index (κ2) is 7.42. The van der Waals surface area contributed by atoms with Crippen LogP contribution in [0.1, 0.15) is 17.3 Å². The minimum Gasteiger partial charge on any atom is -0.293 e. The third kappa shape index (κ3) is 4.19. The van der Waals surface area contributed by atoms with Crippen LogP contribution >= 0.6 is 11.8 Å². The zero-order valence-corrected chi connectivity index (χ0v) is 15.1. The van der Waals surface area contributed by atoms with Crippen LogP contribution in [0.3, 0.4) is 0 Å². The van der Waals surface area contributed by atoms with Crippen molar-refractivity contribution in [2.24, 2.45) is 0 Å². The molecule has 0 saturated carbocycles. The number of benzene rings is 1. The maximum Gasteiger partial charge on any atom is 0.244 e. The highest BCUT2D eigenvalue weighted by molar-refractivity contribution is 8.00. The Labute approximate surface area is 145 Å². The number of sulfonamides is 1. The fourth-order valence-electron chi connectivity index (χ4n) is 1.88. The Hall–Kier alpha value is -1.77. The van der Waals surface area contributed by atoms with E-state index in [1.165, 1.54) is 62.4 Å². The fourth-order valence-corrected chi connectivity index (χ4v) is 3.60. The van der Waals surface area contributed by atoms with E-state index in [1.807, 2.05) is 0 Å². The van der Waals surface area contributed by atoms with Crippen molar-refractivity contribution in [1.29, 1.82) is 0 Å². The molecule has 0 aliphatic heterocycles. The number of hydrogen-bond donors (Lipinski definition) is 0. The van der Waals surface area contributed by atoms with Gasteiger partial charge in [-0.15, -0.1) is 0 Å². The average Bonchev–Trinajstić information content (AvgIpc) is 2.55. The fraction of sp³-hybridized carbons (Fsp3) is 0.250. The largest absolute Gasteiger partial charge is 0.293 e. The van der Waals surface area contributed by atoms with Gasteiger partial charge in [-0.25, -0.2) is 22.1 Å². The summed E-state index contributed by atoms with van der Waals surface area (Å²) in [5.41, 5.74) is 0.420. The van der Waals surface area contributed by atoms with Crippen LogP contribution < -0.4 is 0 Å². The molecule has 2 aromatic rings. The van der Waals surface area contributed by atoms with E-state index in [-0.39, 0.29) is 10.7 Å². The molecular weight excluding hydrogens is 351 g/mol. The van der Waals surface area contributed by atoms with Gasteiger partial charge in [0.2, 0.25) is 10.0 Å². The second-order valence-corrected chi connectivity index (χ2v) is 8.76. The summed E-state index contributed by atoms with van der Waals surface area (Å²) in [4.78, 5) is 16.5. The highest BCUT2D eigenvalue weighted by Gasteiger charge is 2.20. The third-order valence-corrected chi connectivity index (χ3v) is 6.13. The van der Waals surface area contributed by atoms with Gasteiger partial charge in [0, 0.05) is 25.9 Å². The van der Waals surface area contributed by atoms with Gasteiger partial charge in [-0.3, -0.25) is 4.79 Å². The van der Waals surface area contributed by atoms with Crippen molar-refractivity contribution in [3.63, 3.8) is 0 Å². The Kier molecular flexibility index (Phi) is 5.74. The van der Waals surface area contributed by atoms with Crippen molar-refractivity contribution in [2.45, 2.75) is 22.1 Å². The summed E-state index contributed by atoms with van der Waals surface area (Å²) in [6, 6.07) is 8.38. The van der Waals surface area contributed by atoms with Gasteiger partial charge in [0.15, 0.2) is 5.78 Å². The molecular formula is C16H17FN2O3S2. The summed E-state index contributed by atoms with van der Waals surface area (Å²) in [6.45, 7) is 1.72. The number of halogens is 1. The van der Waals surface area contributed by atoms with Crippen LogP contribution in [0.4, 0.5) is 4.39 Å². The molecule has 5 nitrogen and oxygen atoms in total. The van der Waals surface area contributed by atoms with Gasteiger partial charge in [0.05, 0.1) is 10.3 Å². The summed E-state index contributed by atoms with van der Waals surface area (Å²) in [5.74, 6) is -0.544. The van der Waals surface area contributed by atoms with E-state index >= 15 is 0 Å². The molecule has 0 N–H and O–H groups in total. The van der Waals surface area contributed by atoms with E-state index in [2.05, 4.69) is 4.98 Å². The SMILES string of the molecule is C[C@@H](Sc1ccc(S(=O)(=O)N(C)C)cn1)C(=O)c1ccc(F)cc1. The first-order valence-electron chi connectivity index (χ1n) is 7.07. The average molecular weight is 368 g/mol. The van der Waals surface area contributed by atoms with Crippen molar-refractivity contribution in [2.75, 3.05) is 14.1 Å². The summed E-state index contributed by atoms with van der Waals surface area (Å²) in [5, 5.41) is 0.106. The minimum atomic E-state index is -3.53. The minimum absolute atomic E-state index is 0.0920. The number of thioether (sulfide) groups is 1. The normalized spacial score (nSPS) is 13.0. The Morgan fingerprint density at radius 2 is 1.79 bits per heavy atom. The van der Waals surface area contributed by atoms with Crippen molar-refractivity contribution in [1.82, 2.24) is 9.29 Å². The van der Waals surface area contributed by atoms with Gasteiger partial charge in [-0.1, -0.05) is 11.8 Å². The first-order chi connectivity index (χ1) is 11.2. The highest BCUT2D eigenvalue weighted by atomic mass is 32.2. The van der Waals surface area contributed by atoms with Crippen LogP contribution in [0.15, 0.2) is 52.5 Å². The van der Waals surface area contributed by atoms with E-state index in [4.69, 9.17) is 0 Å². The van der Waals surface area contributed by atoms with Crippen molar-refractivity contribution in [3.8, 4) is 0 Å². The monoisotopic (exact) mass is 368 g/mol. The summed E-state index contributed by atoms with van der Waals surface area (Å²) >= 11 is 1.22. The number of rotatable bonds is 6. The number of Topliss-reactive ketones (excluding diaryl/α,β-unsaturated/α-hetero) is 1. The van der Waals surface area contributed by atoms with Gasteiger partial charge in [-0.05, 0) is 43.3 Å². The third-order valence-electron chi connectivity index (χ3n) is 3.28. The van der Waals surface area contributed by atoms with Gasteiger partial charge in [0.25, 0.3) is 0 Å². The number of nitrogens with zero attached hydrogens (tertiary/aromatic N) is 2. The Morgan fingerprint density at radius 1 is 1.17 bits per heavy atom. The molecule has 0 aliphatic rings. The molecule has 128 valence electrons. The van der Waals surface area contributed by atoms with Crippen LogP contribution in [0.5, 0.6) is 0 Å². The standard InChI is InChI=1S/C16H17FN2O3S2/c1-11(16(20)12-4-6-13(17)7-5-12)23-15-9-8-14(10-18-15)24(21,22)19(2)3/h4-11H,1-3H3/t11-/m1/s1. The highest BCUT2D eigenvalue weighted by Crippen LogP contribution is 2.25. The number of hydrogen-bond acceptors (Lipinski definition) is 5. The van der Waals surface area contributed by atoms with Gasteiger partial charge in [-0.2, -0.15) is 0 Å². The molecule has 0 bridgehead atoms. The van der Waals surface area contributed by atoms with E-state index in [0.29, 0.717) is 10.6 Å². The molecule has 0 amide bonds. The maximum atomic E-state index is 12.9. The van der Waals surface area contributed by atoms with Crippen LogP contribution in [0.25, 0.3) is 0 Å². The molecule has 1 atom stereocenters. The lowest BCUT2D eigenvalue weighted by molar-refractivity contribution is 0.0994. The van der Waals surface area contributed by atoms with Gasteiger partial charge < -0.3 is 0 Å². The molecule has 0 radical (unpaired) electrons. The molecule has 1 aromatic heterocycles. The van der Waals surface area contributed by atoms with Crippen LogP contribution in [-0.2, 0) is 10.0 Å². The second-order valence-electron chi connectivity index (χ2n) is 5.25. The molecule has 0 aliphatic carbocycles. The van der Waals surface area contributed by atoms with E-state index in [0.717, 1.165) is 4.31 Å². The van der Waals surface area contributed by atoms with Crippen molar-refractivity contribution < 1.29 is 17.6 Å². The Bertz CT molecular complexity index is 819. The van der Waals surface area contributed by atoms with Crippen LogP contribution in [0.2, 0.25) is 0 Å². The smallest absolute Gasteiger partial charge is 0.244 e. The molecule has 24 heavy (non-hydrogen) atoms. The van der Waals surface area contributed by atoms with E-state index in [1.54, 1.807) is 13.0 Å². The molecule has 0 spiro atoms. The van der Waals surface area contributed by atoms with Crippen LogP contribution in [-0.4, -0.2) is 42.8 Å². The quantitative estimate of drug-likeness (QED) is 0.579. The Balaban J connectivity index is 2.11. The first kappa shape index (κ1) is 18.6. The van der Waals surface area contributed by atoms with E-state index in [9.17, 15) is 17.6 Å². The molecule has 0 saturated heterocycles. The lowest BCUT2D eigenvalue weighted by Crippen LogP contribution is -2.22. The summed E-state index contributed by atoms with van der Waals surface area (Å²) in [7, 11) is -0.635. The molecule has 1 heterocycles. The lowest BCUT2D eigenvalue weighted by Gasteiger charge is -2.12. The number of ketones is 1. The molecule has 0 fully saturated rings. The van der Waals surface area contributed by atoms with Crippen molar-refractivity contribution in [3.05, 3.63) is 54.0 Å². The topological polar surface area (TPSA) is 67.3 Å². The first-order valence-corrected chi connectivity index (χ1v) is 9.39. The summed E-state index contributed by atoms with van der Waals surface area (Å²) < 4.78 is 38.0. The molecule has 0 unspecified atom stereocenters. The summed E-state index contributed by atoms with van der Waals surface area (Å²) in [6.07, 6.45) is 1.27. The number of carbonyl (C=O) groups excluding carboxylic acids is 1. The number of carbonyl (C=O) groups is 1. The lowest BCUT2D eigenvalue weighted by atomic mass is 10.1. The van der Waals surface area contributed by atoms with Crippen LogP contribution in [0, 0.1) is 5.82 Å². The maximum absolute atomic E-state index is 12.9. The van der Waals surface area contributed by atoms with E-state index < -0.39 is 21.1 Å².